The van der Waals surface area contributed by atoms with Crippen LogP contribution in [-0.4, -0.2) is 12.5 Å². The SMILES string of the molecule is Cc1cc(NC(=O)CCCOc2ccc(Cl)cc2)ccc1Br. The van der Waals surface area contributed by atoms with Gasteiger partial charge in [-0.05, 0) is 61.4 Å². The molecule has 3 nitrogen and oxygen atoms in total. The van der Waals surface area contributed by atoms with Crippen molar-refractivity contribution in [1.29, 1.82) is 0 Å². The number of amides is 1. The summed E-state index contributed by atoms with van der Waals surface area (Å²) in [6.07, 6.45) is 1.08. The molecule has 0 radical (unpaired) electrons. The van der Waals surface area contributed by atoms with E-state index in [1.54, 1.807) is 12.1 Å². The number of hydrogen-bond acceptors (Lipinski definition) is 2. The summed E-state index contributed by atoms with van der Waals surface area (Å²) in [5.41, 5.74) is 1.90. The van der Waals surface area contributed by atoms with E-state index in [-0.39, 0.29) is 5.91 Å². The maximum atomic E-state index is 11.9. The molecule has 0 aliphatic rings. The van der Waals surface area contributed by atoms with Gasteiger partial charge < -0.3 is 10.1 Å². The predicted octanol–water partition coefficient (Wildman–Crippen LogP) is 5.21. The van der Waals surface area contributed by atoms with E-state index < -0.39 is 0 Å². The quantitative estimate of drug-likeness (QED) is 0.697. The smallest absolute Gasteiger partial charge is 0.224 e. The van der Waals surface area contributed by atoms with Crippen LogP contribution in [0.3, 0.4) is 0 Å². The zero-order valence-electron chi connectivity index (χ0n) is 12.2. The summed E-state index contributed by atoms with van der Waals surface area (Å²) in [4.78, 5) is 11.9. The Kier molecular flexibility index (Phi) is 6.28. The second-order valence-electron chi connectivity index (χ2n) is 4.92. The zero-order valence-corrected chi connectivity index (χ0v) is 14.6. The second-order valence-corrected chi connectivity index (χ2v) is 6.21. The molecule has 0 heterocycles. The lowest BCUT2D eigenvalue weighted by molar-refractivity contribution is -0.116. The van der Waals surface area contributed by atoms with E-state index in [1.165, 1.54) is 0 Å². The van der Waals surface area contributed by atoms with Gasteiger partial charge in [0.1, 0.15) is 5.75 Å². The standard InChI is InChI=1S/C17H17BrClNO2/c1-12-11-14(6-9-16(12)18)20-17(21)3-2-10-22-15-7-4-13(19)5-8-15/h4-9,11H,2-3,10H2,1H3,(H,20,21). The van der Waals surface area contributed by atoms with Gasteiger partial charge in [-0.25, -0.2) is 0 Å². The van der Waals surface area contributed by atoms with Crippen molar-refractivity contribution in [1.82, 2.24) is 0 Å². The van der Waals surface area contributed by atoms with E-state index in [0.717, 1.165) is 21.5 Å². The summed E-state index contributed by atoms with van der Waals surface area (Å²) in [6, 6.07) is 12.9. The summed E-state index contributed by atoms with van der Waals surface area (Å²) >= 11 is 9.24. The van der Waals surface area contributed by atoms with Crippen molar-refractivity contribution in [3.05, 3.63) is 57.5 Å². The van der Waals surface area contributed by atoms with Crippen LogP contribution in [0.4, 0.5) is 5.69 Å². The third-order valence-corrected chi connectivity index (χ3v) is 4.21. The summed E-state index contributed by atoms with van der Waals surface area (Å²) in [7, 11) is 0. The molecule has 116 valence electrons. The summed E-state index contributed by atoms with van der Waals surface area (Å²) in [6.45, 7) is 2.48. The lowest BCUT2D eigenvalue weighted by atomic mass is 10.2. The molecule has 0 unspecified atom stereocenters. The first kappa shape index (κ1) is 16.8. The number of nitrogens with one attached hydrogen (secondary N) is 1. The topological polar surface area (TPSA) is 38.3 Å². The minimum atomic E-state index is -0.0126. The first-order valence-electron chi connectivity index (χ1n) is 6.99. The van der Waals surface area contributed by atoms with E-state index in [2.05, 4.69) is 21.2 Å². The third kappa shape index (κ3) is 5.35. The Labute approximate surface area is 143 Å². The molecule has 0 saturated carbocycles. The van der Waals surface area contributed by atoms with Crippen LogP contribution in [0.5, 0.6) is 5.75 Å². The molecule has 0 spiro atoms. The van der Waals surface area contributed by atoms with Crippen molar-refractivity contribution < 1.29 is 9.53 Å². The van der Waals surface area contributed by atoms with E-state index in [4.69, 9.17) is 16.3 Å². The molecule has 1 amide bonds. The largest absolute Gasteiger partial charge is 0.494 e. The van der Waals surface area contributed by atoms with Gasteiger partial charge in [-0.3, -0.25) is 4.79 Å². The second kappa shape index (κ2) is 8.20. The fraction of sp³-hybridized carbons (Fsp3) is 0.235. The molecule has 0 aliphatic heterocycles. The molecular formula is C17H17BrClNO2. The summed E-state index contributed by atoms with van der Waals surface area (Å²) in [5, 5.41) is 3.56. The number of hydrogen-bond donors (Lipinski definition) is 1. The van der Waals surface area contributed by atoms with Gasteiger partial charge in [0.2, 0.25) is 5.91 Å². The Morgan fingerprint density at radius 2 is 1.95 bits per heavy atom. The normalized spacial score (nSPS) is 10.3. The number of halogens is 2. The van der Waals surface area contributed by atoms with Crippen LogP contribution >= 0.6 is 27.5 Å². The maximum absolute atomic E-state index is 11.9. The third-order valence-electron chi connectivity index (χ3n) is 3.07. The minimum absolute atomic E-state index is 0.0126. The lowest BCUT2D eigenvalue weighted by Gasteiger charge is -2.08. The van der Waals surface area contributed by atoms with Gasteiger partial charge >= 0.3 is 0 Å². The van der Waals surface area contributed by atoms with Crippen molar-refractivity contribution in [2.24, 2.45) is 0 Å². The van der Waals surface area contributed by atoms with Crippen molar-refractivity contribution in [3.8, 4) is 5.75 Å². The van der Waals surface area contributed by atoms with Crippen molar-refractivity contribution in [2.45, 2.75) is 19.8 Å². The highest BCUT2D eigenvalue weighted by molar-refractivity contribution is 9.10. The van der Waals surface area contributed by atoms with Crippen molar-refractivity contribution >= 4 is 39.1 Å². The van der Waals surface area contributed by atoms with Crippen LogP contribution in [0, 0.1) is 6.92 Å². The highest BCUT2D eigenvalue weighted by atomic mass is 79.9. The first-order chi connectivity index (χ1) is 10.5. The van der Waals surface area contributed by atoms with Crippen LogP contribution < -0.4 is 10.1 Å². The molecule has 0 saturated heterocycles. The molecule has 2 rings (SSSR count). The van der Waals surface area contributed by atoms with E-state index in [9.17, 15) is 4.79 Å². The molecule has 22 heavy (non-hydrogen) atoms. The Balaban J connectivity index is 1.71. The van der Waals surface area contributed by atoms with E-state index in [1.807, 2.05) is 37.3 Å². The summed E-state index contributed by atoms with van der Waals surface area (Å²) < 4.78 is 6.58. The van der Waals surface area contributed by atoms with Crippen LogP contribution in [-0.2, 0) is 4.79 Å². The number of benzene rings is 2. The summed E-state index contributed by atoms with van der Waals surface area (Å²) in [5.74, 6) is 0.745. The Morgan fingerprint density at radius 1 is 1.23 bits per heavy atom. The van der Waals surface area contributed by atoms with Crippen LogP contribution in [0.2, 0.25) is 5.02 Å². The van der Waals surface area contributed by atoms with Gasteiger partial charge in [-0.2, -0.15) is 0 Å². The maximum Gasteiger partial charge on any atom is 0.224 e. The number of anilines is 1. The van der Waals surface area contributed by atoms with E-state index >= 15 is 0 Å². The number of aryl methyl sites for hydroxylation is 1. The average Bonchev–Trinajstić information content (AvgIpc) is 2.49. The molecule has 2 aromatic carbocycles. The highest BCUT2D eigenvalue weighted by Crippen LogP contribution is 2.20. The molecule has 0 bridgehead atoms. The molecule has 1 N–H and O–H groups in total. The number of ether oxygens (including phenoxy) is 1. The number of carbonyl (C=O) groups is 1. The minimum Gasteiger partial charge on any atom is -0.494 e. The Hall–Kier alpha value is -1.52. The number of carbonyl (C=O) groups excluding carboxylic acids is 1. The van der Waals surface area contributed by atoms with Crippen LogP contribution in [0.25, 0.3) is 0 Å². The molecular weight excluding hydrogens is 366 g/mol. The van der Waals surface area contributed by atoms with Gasteiger partial charge in [-0.15, -0.1) is 0 Å². The lowest BCUT2D eigenvalue weighted by Crippen LogP contribution is -2.12. The zero-order chi connectivity index (χ0) is 15.9. The average molecular weight is 383 g/mol. The van der Waals surface area contributed by atoms with Gasteiger partial charge in [-0.1, -0.05) is 27.5 Å². The van der Waals surface area contributed by atoms with Crippen molar-refractivity contribution in [3.63, 3.8) is 0 Å². The first-order valence-corrected chi connectivity index (χ1v) is 8.16. The van der Waals surface area contributed by atoms with Gasteiger partial charge in [0, 0.05) is 21.6 Å². The molecule has 2 aromatic rings. The van der Waals surface area contributed by atoms with Gasteiger partial charge in [0.25, 0.3) is 0 Å². The van der Waals surface area contributed by atoms with Crippen molar-refractivity contribution in [2.75, 3.05) is 11.9 Å². The van der Waals surface area contributed by atoms with Gasteiger partial charge in [0.15, 0.2) is 0 Å². The molecule has 0 aliphatic carbocycles. The fourth-order valence-corrected chi connectivity index (χ4v) is 2.27. The molecule has 0 fully saturated rings. The Morgan fingerprint density at radius 3 is 2.64 bits per heavy atom. The van der Waals surface area contributed by atoms with Crippen LogP contribution in [0.15, 0.2) is 46.9 Å². The Bertz CT molecular complexity index is 644. The number of rotatable bonds is 6. The predicted molar refractivity (Wildman–Crippen MR) is 93.7 cm³/mol. The molecule has 0 atom stereocenters. The molecule has 5 heteroatoms. The highest BCUT2D eigenvalue weighted by Gasteiger charge is 2.04. The monoisotopic (exact) mass is 381 g/mol. The molecule has 0 aromatic heterocycles. The van der Waals surface area contributed by atoms with E-state index in [0.29, 0.717) is 24.5 Å². The van der Waals surface area contributed by atoms with Crippen LogP contribution in [0.1, 0.15) is 18.4 Å². The van der Waals surface area contributed by atoms with Gasteiger partial charge in [0.05, 0.1) is 6.61 Å². The fourth-order valence-electron chi connectivity index (χ4n) is 1.90.